The van der Waals surface area contributed by atoms with Crippen molar-refractivity contribution in [3.63, 3.8) is 0 Å². The predicted molar refractivity (Wildman–Crippen MR) is 139 cm³/mol. The molecule has 0 radical (unpaired) electrons. The fraction of sp³-hybridized carbons (Fsp3) is 0.241. The lowest BCUT2D eigenvalue weighted by atomic mass is 10.0. The lowest BCUT2D eigenvalue weighted by Gasteiger charge is -2.17. The van der Waals surface area contributed by atoms with E-state index in [2.05, 4.69) is 31.3 Å². The average Bonchev–Trinajstić information content (AvgIpc) is 3.26. The number of nitrogens with one attached hydrogen (secondary N) is 1. The van der Waals surface area contributed by atoms with Gasteiger partial charge < -0.3 is 14.6 Å². The Kier molecular flexibility index (Phi) is 6.82. The van der Waals surface area contributed by atoms with Crippen molar-refractivity contribution in [3.05, 3.63) is 95.2 Å². The summed E-state index contributed by atoms with van der Waals surface area (Å²) < 4.78 is 7.36. The summed E-state index contributed by atoms with van der Waals surface area (Å²) in [5, 5.41) is 3.18. The molecule has 0 fully saturated rings. The summed E-state index contributed by atoms with van der Waals surface area (Å²) in [5.41, 5.74) is 6.53. The minimum Gasteiger partial charge on any atom is -0.497 e. The highest BCUT2D eigenvalue weighted by Gasteiger charge is 2.25. The van der Waals surface area contributed by atoms with Gasteiger partial charge >= 0.3 is 0 Å². The zero-order valence-electron chi connectivity index (χ0n) is 20.4. The third-order valence-electron chi connectivity index (χ3n) is 6.25. The number of nitrogens with zero attached hydrogens (tertiary/aromatic N) is 2. The summed E-state index contributed by atoms with van der Waals surface area (Å²) in [7, 11) is 1.64. The van der Waals surface area contributed by atoms with E-state index in [1.165, 1.54) is 11.1 Å². The van der Waals surface area contributed by atoms with Gasteiger partial charge in [-0.2, -0.15) is 0 Å². The van der Waals surface area contributed by atoms with Crippen molar-refractivity contribution < 1.29 is 11.0 Å². The number of benzene rings is 3. The van der Waals surface area contributed by atoms with E-state index in [-0.39, 0.29) is 13.4 Å². The van der Waals surface area contributed by atoms with Crippen molar-refractivity contribution in [2.75, 3.05) is 7.11 Å². The van der Waals surface area contributed by atoms with E-state index in [0.29, 0.717) is 17.9 Å². The molecule has 4 rings (SSSR count). The van der Waals surface area contributed by atoms with Crippen LogP contribution in [-0.2, 0) is 6.54 Å². The molecule has 1 N–H and O–H groups in total. The van der Waals surface area contributed by atoms with Gasteiger partial charge in [-0.05, 0) is 62.6 Å². The molecule has 34 heavy (non-hydrogen) atoms. The number of rotatable bonds is 7. The normalized spacial score (nSPS) is 11.8. The number of aryl methyl sites for hydroxylation is 2. The lowest BCUT2D eigenvalue weighted by Crippen LogP contribution is -2.29. The van der Waals surface area contributed by atoms with E-state index in [4.69, 9.17) is 9.72 Å². The monoisotopic (exact) mass is 455 g/mol. The molecular weight excluding hydrogens is 422 g/mol. The average molecular weight is 456 g/mol. The summed E-state index contributed by atoms with van der Waals surface area (Å²) in [5.74, 6) is 1.40. The molecule has 176 valence electrons. The second-order valence-electron chi connectivity index (χ2n) is 8.51. The molecule has 1 heterocycles. The largest absolute Gasteiger partial charge is 0.497 e. The van der Waals surface area contributed by atoms with Crippen molar-refractivity contribution in [1.82, 2.24) is 14.9 Å². The standard InChI is InChI=1S/C29H31N3O2.H2/c1-6-32-27(29(33)30-21(4)23-13-10-14-25(18-23)34-5)26(24-16-15-19(2)20(3)17-24)31-28(32)22-11-8-7-9-12-22;/h7-18,21H,6H2,1-5H3,(H,30,33);1H/t21-;/m1./s1. The topological polar surface area (TPSA) is 56.2 Å². The fourth-order valence-corrected chi connectivity index (χ4v) is 4.15. The Morgan fingerprint density at radius 3 is 2.44 bits per heavy atom. The Labute approximate surface area is 202 Å². The smallest absolute Gasteiger partial charge is 0.270 e. The number of carbonyl (C=O) groups is 1. The molecule has 0 spiro atoms. The minimum atomic E-state index is -0.199. The number of carbonyl (C=O) groups excluding carboxylic acids is 1. The highest BCUT2D eigenvalue weighted by atomic mass is 16.5. The number of ether oxygens (including phenoxy) is 1. The van der Waals surface area contributed by atoms with Crippen molar-refractivity contribution in [3.8, 4) is 28.4 Å². The van der Waals surface area contributed by atoms with Gasteiger partial charge in [-0.15, -0.1) is 0 Å². The molecule has 0 aliphatic rings. The van der Waals surface area contributed by atoms with Crippen LogP contribution in [0, 0.1) is 13.8 Å². The molecule has 1 atom stereocenters. The first-order chi connectivity index (χ1) is 16.4. The van der Waals surface area contributed by atoms with Crippen LogP contribution in [-0.4, -0.2) is 22.6 Å². The van der Waals surface area contributed by atoms with Gasteiger partial charge in [0, 0.05) is 19.1 Å². The summed E-state index contributed by atoms with van der Waals surface area (Å²) in [6.45, 7) is 8.81. The van der Waals surface area contributed by atoms with E-state index in [1.807, 2.05) is 79.1 Å². The highest BCUT2D eigenvalue weighted by Crippen LogP contribution is 2.31. The zero-order valence-corrected chi connectivity index (χ0v) is 20.4. The molecule has 0 aliphatic heterocycles. The van der Waals surface area contributed by atoms with Crippen LogP contribution in [0.1, 0.15) is 48.5 Å². The molecule has 0 unspecified atom stereocenters. The Balaban J connectivity index is 0.00000342. The molecule has 0 saturated carbocycles. The van der Waals surface area contributed by atoms with Gasteiger partial charge in [0.05, 0.1) is 13.2 Å². The minimum absolute atomic E-state index is 0. The number of aromatic nitrogens is 2. The van der Waals surface area contributed by atoms with Gasteiger partial charge in [-0.25, -0.2) is 4.98 Å². The quantitative estimate of drug-likeness (QED) is 0.342. The summed E-state index contributed by atoms with van der Waals surface area (Å²) >= 11 is 0. The number of methoxy groups -OCH3 is 1. The van der Waals surface area contributed by atoms with Crippen LogP contribution in [0.15, 0.2) is 72.8 Å². The SMILES string of the molecule is CCn1c(-c2ccccc2)nc(-c2ccc(C)c(C)c2)c1C(=O)N[C@H](C)c1cccc(OC)c1.[HH]. The molecule has 0 aliphatic carbocycles. The second kappa shape index (κ2) is 9.96. The molecule has 5 heteroatoms. The van der Waals surface area contributed by atoms with Crippen molar-refractivity contribution in [1.29, 1.82) is 0 Å². The van der Waals surface area contributed by atoms with E-state index in [9.17, 15) is 4.79 Å². The zero-order chi connectivity index (χ0) is 24.2. The van der Waals surface area contributed by atoms with Crippen molar-refractivity contribution in [2.24, 2.45) is 0 Å². The molecule has 0 bridgehead atoms. The van der Waals surface area contributed by atoms with Crippen molar-refractivity contribution in [2.45, 2.75) is 40.3 Å². The van der Waals surface area contributed by atoms with Gasteiger partial charge in [0.25, 0.3) is 5.91 Å². The number of imidazole rings is 1. The van der Waals surface area contributed by atoms with Crippen molar-refractivity contribution >= 4 is 5.91 Å². The Morgan fingerprint density at radius 1 is 1.00 bits per heavy atom. The van der Waals surface area contributed by atoms with E-state index in [0.717, 1.165) is 28.3 Å². The first kappa shape index (κ1) is 23.3. The molecule has 5 nitrogen and oxygen atoms in total. The van der Waals surface area contributed by atoms with Gasteiger partial charge in [-0.3, -0.25) is 4.79 Å². The maximum Gasteiger partial charge on any atom is 0.270 e. The van der Waals surface area contributed by atoms with Gasteiger partial charge in [0.2, 0.25) is 0 Å². The Morgan fingerprint density at radius 2 is 1.76 bits per heavy atom. The molecule has 4 aromatic rings. The van der Waals surface area contributed by atoms with Crippen LogP contribution in [0.3, 0.4) is 0 Å². The van der Waals surface area contributed by atoms with Gasteiger partial charge in [0.15, 0.2) is 0 Å². The third-order valence-corrected chi connectivity index (χ3v) is 6.25. The second-order valence-corrected chi connectivity index (χ2v) is 8.51. The molecular formula is C29H33N3O2. The van der Waals surface area contributed by atoms with Gasteiger partial charge in [-0.1, -0.05) is 54.6 Å². The maximum absolute atomic E-state index is 13.8. The van der Waals surface area contributed by atoms with E-state index < -0.39 is 0 Å². The van der Waals surface area contributed by atoms with Crippen LogP contribution in [0.4, 0.5) is 0 Å². The molecule has 1 aromatic heterocycles. The van der Waals surface area contributed by atoms with E-state index in [1.54, 1.807) is 7.11 Å². The lowest BCUT2D eigenvalue weighted by molar-refractivity contribution is 0.0931. The number of amides is 1. The summed E-state index contributed by atoms with van der Waals surface area (Å²) in [4.78, 5) is 18.8. The molecule has 0 saturated heterocycles. The first-order valence-electron chi connectivity index (χ1n) is 11.6. The Bertz CT molecular complexity index is 1320. The molecule has 3 aromatic carbocycles. The Hall–Kier alpha value is -3.86. The molecule has 1 amide bonds. The third kappa shape index (κ3) is 4.60. The van der Waals surface area contributed by atoms with Crippen LogP contribution >= 0.6 is 0 Å². The van der Waals surface area contributed by atoms with Crippen LogP contribution < -0.4 is 10.1 Å². The van der Waals surface area contributed by atoms with E-state index >= 15 is 0 Å². The first-order valence-corrected chi connectivity index (χ1v) is 11.6. The fourth-order valence-electron chi connectivity index (χ4n) is 4.15. The van der Waals surface area contributed by atoms with Crippen LogP contribution in [0.2, 0.25) is 0 Å². The van der Waals surface area contributed by atoms with Crippen LogP contribution in [0.5, 0.6) is 5.75 Å². The predicted octanol–water partition coefficient (Wildman–Crippen LogP) is 6.60. The highest BCUT2D eigenvalue weighted by molar-refractivity contribution is 6.00. The van der Waals surface area contributed by atoms with Crippen LogP contribution in [0.25, 0.3) is 22.6 Å². The van der Waals surface area contributed by atoms with Gasteiger partial charge in [0.1, 0.15) is 23.0 Å². The number of hydrogen-bond donors (Lipinski definition) is 1. The number of hydrogen-bond acceptors (Lipinski definition) is 3. The summed E-state index contributed by atoms with van der Waals surface area (Å²) in [6.07, 6.45) is 0. The maximum atomic E-state index is 13.8. The summed E-state index contributed by atoms with van der Waals surface area (Å²) in [6, 6.07) is 23.8.